The molecule has 1 atom stereocenters. The average Bonchev–Trinajstić information content (AvgIpc) is 2.89. The van der Waals surface area contributed by atoms with E-state index >= 15 is 0 Å². The Bertz CT molecular complexity index is 479. The number of aromatic nitrogens is 1. The minimum Gasteiger partial charge on any atom is -0.360 e. The van der Waals surface area contributed by atoms with Crippen molar-refractivity contribution in [2.45, 2.75) is 52.1 Å². The van der Waals surface area contributed by atoms with Crippen molar-refractivity contribution in [3.8, 4) is 0 Å². The van der Waals surface area contributed by atoms with Gasteiger partial charge in [-0.15, -0.1) is 0 Å². The summed E-state index contributed by atoms with van der Waals surface area (Å²) in [4.78, 5) is 25.6. The molecule has 19 heavy (non-hydrogen) atoms. The molecular weight excluding hydrogens is 246 g/mol. The minimum absolute atomic E-state index is 0.00848. The van der Waals surface area contributed by atoms with E-state index < -0.39 is 6.04 Å². The maximum Gasteiger partial charge on any atom is 0.252 e. The summed E-state index contributed by atoms with van der Waals surface area (Å²) in [5.74, 6) is 0.877. The summed E-state index contributed by atoms with van der Waals surface area (Å²) >= 11 is 0. The van der Waals surface area contributed by atoms with Crippen molar-refractivity contribution in [2.75, 3.05) is 5.32 Å². The summed E-state index contributed by atoms with van der Waals surface area (Å²) in [5, 5.41) is 6.74. The molecular formula is C13H19N3O3. The summed E-state index contributed by atoms with van der Waals surface area (Å²) in [6.45, 7) is 5.74. The van der Waals surface area contributed by atoms with Crippen molar-refractivity contribution in [3.05, 3.63) is 11.8 Å². The largest absolute Gasteiger partial charge is 0.360 e. The van der Waals surface area contributed by atoms with Crippen LogP contribution in [0.25, 0.3) is 0 Å². The number of carbonyl (C=O) groups excluding carboxylic acids is 2. The van der Waals surface area contributed by atoms with E-state index in [1.807, 2.05) is 13.8 Å². The summed E-state index contributed by atoms with van der Waals surface area (Å²) in [6, 6.07) is 1.17. The smallest absolute Gasteiger partial charge is 0.252 e. The van der Waals surface area contributed by atoms with E-state index in [0.29, 0.717) is 11.6 Å². The van der Waals surface area contributed by atoms with Gasteiger partial charge in [0.15, 0.2) is 5.82 Å². The number of imide groups is 1. The fraction of sp³-hybridized carbons (Fsp3) is 0.615. The number of amides is 2. The predicted octanol–water partition coefficient (Wildman–Crippen LogP) is 1.71. The summed E-state index contributed by atoms with van der Waals surface area (Å²) in [5.41, 5.74) is 0. The first-order valence-corrected chi connectivity index (χ1v) is 6.62. The van der Waals surface area contributed by atoms with Crippen LogP contribution in [0.3, 0.4) is 0 Å². The highest BCUT2D eigenvalue weighted by Crippen LogP contribution is 2.22. The van der Waals surface area contributed by atoms with Gasteiger partial charge in [0.25, 0.3) is 5.91 Å². The number of nitrogens with zero attached hydrogens (tertiary/aromatic N) is 2. The topological polar surface area (TPSA) is 75.4 Å². The zero-order chi connectivity index (χ0) is 14.0. The van der Waals surface area contributed by atoms with Gasteiger partial charge in [0.05, 0.1) is 6.42 Å². The fourth-order valence-corrected chi connectivity index (χ4v) is 2.41. The lowest BCUT2D eigenvalue weighted by molar-refractivity contribution is -0.141. The Morgan fingerprint density at radius 1 is 1.47 bits per heavy atom. The van der Waals surface area contributed by atoms with E-state index in [1.165, 1.54) is 4.90 Å². The highest BCUT2D eigenvalue weighted by Gasteiger charge is 2.41. The van der Waals surface area contributed by atoms with Gasteiger partial charge >= 0.3 is 0 Å². The van der Waals surface area contributed by atoms with Crippen molar-refractivity contribution in [1.82, 2.24) is 10.1 Å². The van der Waals surface area contributed by atoms with Crippen LogP contribution in [0.4, 0.5) is 5.82 Å². The fourth-order valence-electron chi connectivity index (χ4n) is 2.41. The van der Waals surface area contributed by atoms with E-state index in [9.17, 15) is 9.59 Å². The van der Waals surface area contributed by atoms with Crippen LogP contribution in [-0.4, -0.2) is 34.0 Å². The van der Waals surface area contributed by atoms with Gasteiger partial charge in [-0.2, -0.15) is 0 Å². The normalized spacial score (nSPS) is 19.6. The summed E-state index contributed by atoms with van der Waals surface area (Å²) in [7, 11) is 0. The molecule has 0 saturated carbocycles. The van der Waals surface area contributed by atoms with Gasteiger partial charge < -0.3 is 9.84 Å². The Kier molecular flexibility index (Phi) is 3.87. The molecule has 0 radical (unpaired) electrons. The molecule has 1 aliphatic rings. The van der Waals surface area contributed by atoms with Crippen LogP contribution in [0.5, 0.6) is 0 Å². The first kappa shape index (κ1) is 13.6. The summed E-state index contributed by atoms with van der Waals surface area (Å²) in [6.07, 6.45) is 1.74. The van der Waals surface area contributed by atoms with Gasteiger partial charge in [-0.25, -0.2) is 0 Å². The van der Waals surface area contributed by atoms with Crippen molar-refractivity contribution in [2.24, 2.45) is 0 Å². The maximum atomic E-state index is 12.3. The van der Waals surface area contributed by atoms with Crippen molar-refractivity contribution < 1.29 is 14.1 Å². The molecule has 6 heteroatoms. The molecule has 1 fully saturated rings. The molecule has 0 aromatic carbocycles. The standard InChI is InChI=1S/C13H19N3O3/c1-4-9(5-2)16-12(17)7-10(13(16)18)14-11-6-8(3)19-15-11/h6,9-10H,4-5,7H2,1-3H3,(H,14,15). The second-order valence-corrected chi connectivity index (χ2v) is 4.80. The molecule has 6 nitrogen and oxygen atoms in total. The molecule has 0 aliphatic carbocycles. The van der Waals surface area contributed by atoms with Gasteiger partial charge in [-0.05, 0) is 19.8 Å². The molecule has 1 N–H and O–H groups in total. The van der Waals surface area contributed by atoms with Crippen LogP contribution in [-0.2, 0) is 9.59 Å². The molecule has 2 rings (SSSR count). The van der Waals surface area contributed by atoms with Gasteiger partial charge in [0, 0.05) is 12.1 Å². The molecule has 2 amide bonds. The Balaban J connectivity index is 2.09. The number of hydrogen-bond donors (Lipinski definition) is 1. The van der Waals surface area contributed by atoms with Crippen molar-refractivity contribution in [3.63, 3.8) is 0 Å². The van der Waals surface area contributed by atoms with Crippen LogP contribution in [0.2, 0.25) is 0 Å². The Hall–Kier alpha value is -1.85. The SMILES string of the molecule is CCC(CC)N1C(=O)CC(Nc2cc(C)on2)C1=O. The van der Waals surface area contributed by atoms with Gasteiger partial charge in [0.1, 0.15) is 11.8 Å². The lowest BCUT2D eigenvalue weighted by Gasteiger charge is -2.24. The molecule has 1 aromatic heterocycles. The molecule has 104 valence electrons. The lowest BCUT2D eigenvalue weighted by Crippen LogP contribution is -2.41. The molecule has 1 saturated heterocycles. The van der Waals surface area contributed by atoms with Gasteiger partial charge in [-0.3, -0.25) is 14.5 Å². The van der Waals surface area contributed by atoms with Crippen LogP contribution in [0, 0.1) is 6.92 Å². The third kappa shape index (κ3) is 2.62. The third-order valence-corrected chi connectivity index (χ3v) is 3.44. The maximum absolute atomic E-state index is 12.3. The predicted molar refractivity (Wildman–Crippen MR) is 69.5 cm³/mol. The quantitative estimate of drug-likeness (QED) is 0.820. The number of aryl methyl sites for hydroxylation is 1. The number of carbonyl (C=O) groups is 2. The Labute approximate surface area is 112 Å². The number of anilines is 1. The van der Waals surface area contributed by atoms with Crippen LogP contribution >= 0.6 is 0 Å². The highest BCUT2D eigenvalue weighted by atomic mass is 16.5. The number of hydrogen-bond acceptors (Lipinski definition) is 5. The summed E-state index contributed by atoms with van der Waals surface area (Å²) < 4.78 is 4.93. The van der Waals surface area contributed by atoms with Crippen molar-refractivity contribution in [1.29, 1.82) is 0 Å². The highest BCUT2D eigenvalue weighted by molar-refractivity contribution is 6.07. The van der Waals surface area contributed by atoms with E-state index in [4.69, 9.17) is 4.52 Å². The number of likely N-dealkylation sites (tertiary alicyclic amines) is 1. The Morgan fingerprint density at radius 3 is 2.68 bits per heavy atom. The molecule has 0 spiro atoms. The second kappa shape index (κ2) is 5.42. The van der Waals surface area contributed by atoms with Crippen LogP contribution < -0.4 is 5.32 Å². The monoisotopic (exact) mass is 265 g/mol. The van der Waals surface area contributed by atoms with Gasteiger partial charge in [0.2, 0.25) is 5.91 Å². The molecule has 1 unspecified atom stereocenters. The molecule has 0 bridgehead atoms. The number of nitrogens with one attached hydrogen (secondary N) is 1. The zero-order valence-electron chi connectivity index (χ0n) is 11.5. The third-order valence-electron chi connectivity index (χ3n) is 3.44. The molecule has 2 heterocycles. The molecule has 1 aromatic rings. The first-order valence-electron chi connectivity index (χ1n) is 6.62. The lowest BCUT2D eigenvalue weighted by atomic mass is 10.1. The van der Waals surface area contributed by atoms with Crippen molar-refractivity contribution >= 4 is 17.6 Å². The van der Waals surface area contributed by atoms with E-state index in [0.717, 1.165) is 12.8 Å². The van der Waals surface area contributed by atoms with E-state index in [2.05, 4.69) is 10.5 Å². The number of rotatable bonds is 5. The first-order chi connectivity index (χ1) is 9.06. The van der Waals surface area contributed by atoms with Crippen LogP contribution in [0.15, 0.2) is 10.6 Å². The average molecular weight is 265 g/mol. The van der Waals surface area contributed by atoms with Crippen LogP contribution in [0.1, 0.15) is 38.9 Å². The minimum atomic E-state index is -0.530. The van der Waals surface area contributed by atoms with E-state index in [-0.39, 0.29) is 24.3 Å². The molecule has 1 aliphatic heterocycles. The van der Waals surface area contributed by atoms with Gasteiger partial charge in [-0.1, -0.05) is 19.0 Å². The second-order valence-electron chi connectivity index (χ2n) is 4.80. The van der Waals surface area contributed by atoms with E-state index in [1.54, 1.807) is 13.0 Å². The zero-order valence-corrected chi connectivity index (χ0v) is 11.5. The Morgan fingerprint density at radius 2 is 2.16 bits per heavy atom.